The summed E-state index contributed by atoms with van der Waals surface area (Å²) >= 11 is 0. The smallest absolute Gasteiger partial charge is 0.318 e. The Bertz CT molecular complexity index is 779. The SMILES string of the molecule is CCN(Cc1ccoc1)C(=O)N[C@H](C)c1ccc(-n2ccnc2)cc1. The van der Waals surface area contributed by atoms with Gasteiger partial charge in [0.05, 0.1) is 31.4 Å². The molecule has 0 unspecified atom stereocenters. The summed E-state index contributed by atoms with van der Waals surface area (Å²) in [5, 5.41) is 3.05. The highest BCUT2D eigenvalue weighted by Crippen LogP contribution is 2.16. The Morgan fingerprint density at radius 1 is 1.32 bits per heavy atom. The molecule has 0 bridgehead atoms. The topological polar surface area (TPSA) is 63.3 Å². The van der Waals surface area contributed by atoms with Gasteiger partial charge in [-0.25, -0.2) is 9.78 Å². The number of hydrogen-bond acceptors (Lipinski definition) is 3. The van der Waals surface area contributed by atoms with Gasteiger partial charge in [-0.2, -0.15) is 0 Å². The van der Waals surface area contributed by atoms with E-state index in [4.69, 9.17) is 4.42 Å². The number of aromatic nitrogens is 2. The van der Waals surface area contributed by atoms with Crippen molar-refractivity contribution < 1.29 is 9.21 Å². The van der Waals surface area contributed by atoms with E-state index in [9.17, 15) is 4.79 Å². The summed E-state index contributed by atoms with van der Waals surface area (Å²) < 4.78 is 7.01. The number of carbonyl (C=O) groups is 1. The van der Waals surface area contributed by atoms with E-state index >= 15 is 0 Å². The molecule has 3 rings (SSSR count). The molecule has 130 valence electrons. The molecule has 6 heteroatoms. The first kappa shape index (κ1) is 16.8. The number of nitrogens with zero attached hydrogens (tertiary/aromatic N) is 3. The summed E-state index contributed by atoms with van der Waals surface area (Å²) in [6.07, 6.45) is 8.68. The molecule has 0 radical (unpaired) electrons. The van der Waals surface area contributed by atoms with Crippen LogP contribution in [0.2, 0.25) is 0 Å². The molecule has 0 aliphatic heterocycles. The van der Waals surface area contributed by atoms with E-state index < -0.39 is 0 Å². The van der Waals surface area contributed by atoms with Crippen LogP contribution in [0, 0.1) is 0 Å². The van der Waals surface area contributed by atoms with Crippen molar-refractivity contribution in [2.24, 2.45) is 0 Å². The third-order valence-electron chi connectivity index (χ3n) is 4.16. The maximum atomic E-state index is 12.5. The second-order valence-corrected chi connectivity index (χ2v) is 5.88. The van der Waals surface area contributed by atoms with Crippen molar-refractivity contribution in [3.05, 3.63) is 72.7 Å². The molecule has 1 aromatic carbocycles. The standard InChI is InChI=1S/C19H22N4O2/c1-3-22(12-16-8-11-25-13-16)19(24)21-15(2)17-4-6-18(7-5-17)23-10-9-20-14-23/h4-11,13-15H,3,12H2,1-2H3,(H,21,24)/t15-/m1/s1. The lowest BCUT2D eigenvalue weighted by Crippen LogP contribution is -2.40. The Morgan fingerprint density at radius 3 is 2.72 bits per heavy atom. The first-order chi connectivity index (χ1) is 12.2. The zero-order valence-corrected chi connectivity index (χ0v) is 14.4. The molecule has 2 amide bonds. The molecule has 0 aliphatic rings. The van der Waals surface area contributed by atoms with Gasteiger partial charge in [-0.3, -0.25) is 0 Å². The van der Waals surface area contributed by atoms with Crippen LogP contribution in [0.15, 0.2) is 66.0 Å². The molecule has 2 heterocycles. The monoisotopic (exact) mass is 338 g/mol. The van der Waals surface area contributed by atoms with Crippen LogP contribution in [0.5, 0.6) is 0 Å². The predicted octanol–water partition coefficient (Wildman–Crippen LogP) is 3.76. The van der Waals surface area contributed by atoms with Crippen LogP contribution in [0.1, 0.15) is 31.0 Å². The number of amides is 2. The summed E-state index contributed by atoms with van der Waals surface area (Å²) in [4.78, 5) is 18.3. The molecular weight excluding hydrogens is 316 g/mol. The number of furan rings is 1. The van der Waals surface area contributed by atoms with E-state index in [2.05, 4.69) is 10.3 Å². The third kappa shape index (κ3) is 4.09. The molecule has 0 saturated carbocycles. The highest BCUT2D eigenvalue weighted by molar-refractivity contribution is 5.74. The maximum Gasteiger partial charge on any atom is 0.318 e. The number of benzene rings is 1. The molecule has 0 aliphatic carbocycles. The van der Waals surface area contributed by atoms with Gasteiger partial charge in [0.15, 0.2) is 0 Å². The Kier molecular flexibility index (Phi) is 5.18. The lowest BCUT2D eigenvalue weighted by atomic mass is 10.1. The van der Waals surface area contributed by atoms with Crippen molar-refractivity contribution in [1.82, 2.24) is 19.8 Å². The fourth-order valence-electron chi connectivity index (χ4n) is 2.64. The fourth-order valence-corrected chi connectivity index (χ4v) is 2.64. The molecule has 0 spiro atoms. The van der Waals surface area contributed by atoms with Crippen molar-refractivity contribution in [2.45, 2.75) is 26.4 Å². The van der Waals surface area contributed by atoms with Gasteiger partial charge >= 0.3 is 6.03 Å². The summed E-state index contributed by atoms with van der Waals surface area (Å²) in [6, 6.07) is 9.77. The van der Waals surface area contributed by atoms with Gasteiger partial charge in [-0.15, -0.1) is 0 Å². The highest BCUT2D eigenvalue weighted by Gasteiger charge is 2.16. The molecule has 6 nitrogen and oxygen atoms in total. The summed E-state index contributed by atoms with van der Waals surface area (Å²) in [7, 11) is 0. The van der Waals surface area contributed by atoms with Gasteiger partial charge in [-0.05, 0) is 37.6 Å². The number of hydrogen-bond donors (Lipinski definition) is 1. The minimum absolute atomic E-state index is 0.0808. The number of nitrogens with one attached hydrogen (secondary N) is 1. The minimum Gasteiger partial charge on any atom is -0.472 e. The molecular formula is C19H22N4O2. The molecule has 0 fully saturated rings. The maximum absolute atomic E-state index is 12.5. The molecule has 0 saturated heterocycles. The van der Waals surface area contributed by atoms with Gasteiger partial charge in [0.1, 0.15) is 0 Å². The Morgan fingerprint density at radius 2 is 2.12 bits per heavy atom. The van der Waals surface area contributed by atoms with Crippen molar-refractivity contribution in [3.8, 4) is 5.69 Å². The van der Waals surface area contributed by atoms with E-state index in [1.807, 2.05) is 54.9 Å². The second kappa shape index (κ2) is 7.70. The second-order valence-electron chi connectivity index (χ2n) is 5.88. The fraction of sp³-hybridized carbons (Fsp3) is 0.263. The number of urea groups is 1. The Labute approximate surface area is 147 Å². The summed E-state index contributed by atoms with van der Waals surface area (Å²) in [6.45, 7) is 5.11. The van der Waals surface area contributed by atoms with Gasteiger partial charge in [-0.1, -0.05) is 12.1 Å². The van der Waals surface area contributed by atoms with Gasteiger partial charge in [0.2, 0.25) is 0 Å². The predicted molar refractivity (Wildman–Crippen MR) is 95.3 cm³/mol. The molecule has 1 atom stereocenters. The highest BCUT2D eigenvalue weighted by atomic mass is 16.3. The number of imidazole rings is 1. The lowest BCUT2D eigenvalue weighted by molar-refractivity contribution is 0.194. The van der Waals surface area contributed by atoms with E-state index in [1.54, 1.807) is 30.0 Å². The zero-order valence-electron chi connectivity index (χ0n) is 14.4. The zero-order chi connectivity index (χ0) is 17.6. The lowest BCUT2D eigenvalue weighted by Gasteiger charge is -2.24. The quantitative estimate of drug-likeness (QED) is 0.744. The van der Waals surface area contributed by atoms with Crippen LogP contribution in [-0.2, 0) is 6.54 Å². The van der Waals surface area contributed by atoms with E-state index in [0.29, 0.717) is 13.1 Å². The van der Waals surface area contributed by atoms with Crippen LogP contribution in [0.4, 0.5) is 4.79 Å². The van der Waals surface area contributed by atoms with E-state index in [-0.39, 0.29) is 12.1 Å². The average Bonchev–Trinajstić information content (AvgIpc) is 3.33. The summed E-state index contributed by atoms with van der Waals surface area (Å²) in [5.74, 6) is 0. The van der Waals surface area contributed by atoms with Crippen LogP contribution < -0.4 is 5.32 Å². The van der Waals surface area contributed by atoms with Gasteiger partial charge in [0.25, 0.3) is 0 Å². The van der Waals surface area contributed by atoms with Crippen molar-refractivity contribution in [2.75, 3.05) is 6.54 Å². The average molecular weight is 338 g/mol. The molecule has 2 aromatic heterocycles. The Balaban J connectivity index is 1.62. The van der Waals surface area contributed by atoms with Gasteiger partial charge < -0.3 is 19.2 Å². The van der Waals surface area contributed by atoms with Crippen molar-refractivity contribution in [1.29, 1.82) is 0 Å². The first-order valence-corrected chi connectivity index (χ1v) is 8.32. The third-order valence-corrected chi connectivity index (χ3v) is 4.16. The van der Waals surface area contributed by atoms with E-state index in [1.165, 1.54) is 0 Å². The largest absolute Gasteiger partial charge is 0.472 e. The van der Waals surface area contributed by atoms with Crippen molar-refractivity contribution >= 4 is 6.03 Å². The number of rotatable bonds is 6. The van der Waals surface area contributed by atoms with Crippen LogP contribution in [0.3, 0.4) is 0 Å². The normalized spacial score (nSPS) is 11.9. The van der Waals surface area contributed by atoms with Crippen LogP contribution >= 0.6 is 0 Å². The van der Waals surface area contributed by atoms with Gasteiger partial charge in [0, 0.05) is 30.2 Å². The molecule has 1 N–H and O–H groups in total. The Hall–Kier alpha value is -3.02. The minimum atomic E-state index is -0.0881. The first-order valence-electron chi connectivity index (χ1n) is 8.32. The van der Waals surface area contributed by atoms with E-state index in [0.717, 1.165) is 16.8 Å². The van der Waals surface area contributed by atoms with Crippen LogP contribution in [0.25, 0.3) is 5.69 Å². The molecule has 25 heavy (non-hydrogen) atoms. The number of carbonyl (C=O) groups excluding carboxylic acids is 1. The summed E-state index contributed by atoms with van der Waals surface area (Å²) in [5.41, 5.74) is 3.07. The van der Waals surface area contributed by atoms with Crippen LogP contribution in [-0.4, -0.2) is 27.0 Å². The van der Waals surface area contributed by atoms with Crippen molar-refractivity contribution in [3.63, 3.8) is 0 Å². The molecule has 3 aromatic rings.